The number of hydrogen-bond donors (Lipinski definition) is 0. The topological polar surface area (TPSA) is 80.2 Å². The molecule has 4 rings (SSSR count). The Morgan fingerprint density at radius 3 is 2.48 bits per heavy atom. The van der Waals surface area contributed by atoms with Gasteiger partial charge >= 0.3 is 0 Å². The highest BCUT2D eigenvalue weighted by molar-refractivity contribution is 7.90. The third kappa shape index (κ3) is 4.92. The number of carbonyl (C=O) groups excluding carboxylic acids is 1. The molecular formula is C22H18ClN3O3S2. The number of thiazole rings is 1. The quantitative estimate of drug-likeness (QED) is 0.413. The number of carbonyl (C=O) groups is 1. The lowest BCUT2D eigenvalue weighted by Gasteiger charge is -2.19. The van der Waals surface area contributed by atoms with Gasteiger partial charge in [-0.2, -0.15) is 0 Å². The second kappa shape index (κ2) is 8.74. The van der Waals surface area contributed by atoms with Gasteiger partial charge in [-0.05, 0) is 42.0 Å². The van der Waals surface area contributed by atoms with Crippen molar-refractivity contribution in [2.45, 2.75) is 17.9 Å². The molecule has 4 aromatic rings. The standard InChI is InChI=1S/C22H18ClN3O3S2/c1-31(28,29)17-10-8-15(9-11-17)13-20(27)26(14-16-5-2-3-12-24-16)22-25-21-18(23)6-4-7-19(21)30-22/h2-12H,13-14H2,1H3. The Morgan fingerprint density at radius 1 is 1.06 bits per heavy atom. The van der Waals surface area contributed by atoms with Gasteiger partial charge in [0.1, 0.15) is 5.52 Å². The van der Waals surface area contributed by atoms with Crippen LogP contribution >= 0.6 is 22.9 Å². The first kappa shape index (κ1) is 21.4. The number of fused-ring (bicyclic) bond motifs is 1. The van der Waals surface area contributed by atoms with Gasteiger partial charge in [-0.15, -0.1) is 0 Å². The Bertz CT molecular complexity index is 1340. The van der Waals surface area contributed by atoms with Gasteiger partial charge in [-0.3, -0.25) is 14.7 Å². The van der Waals surface area contributed by atoms with Crippen molar-refractivity contribution < 1.29 is 13.2 Å². The fourth-order valence-corrected chi connectivity index (χ4v) is 4.97. The van der Waals surface area contributed by atoms with E-state index in [0.717, 1.165) is 16.6 Å². The van der Waals surface area contributed by atoms with E-state index in [4.69, 9.17) is 11.6 Å². The average molecular weight is 472 g/mol. The number of amides is 1. The summed E-state index contributed by atoms with van der Waals surface area (Å²) in [6.45, 7) is 0.262. The molecular weight excluding hydrogens is 454 g/mol. The highest BCUT2D eigenvalue weighted by atomic mass is 35.5. The van der Waals surface area contributed by atoms with Crippen molar-refractivity contribution in [2.75, 3.05) is 11.2 Å². The van der Waals surface area contributed by atoms with Crippen LogP contribution in [0, 0.1) is 0 Å². The predicted molar refractivity (Wildman–Crippen MR) is 123 cm³/mol. The third-order valence-corrected chi connectivity index (χ3v) is 7.12. The Hall–Kier alpha value is -2.81. The zero-order chi connectivity index (χ0) is 22.0. The predicted octanol–water partition coefficient (Wildman–Crippen LogP) is 4.52. The van der Waals surface area contributed by atoms with Gasteiger partial charge in [0.15, 0.2) is 15.0 Å². The summed E-state index contributed by atoms with van der Waals surface area (Å²) in [5.74, 6) is -0.173. The lowest BCUT2D eigenvalue weighted by atomic mass is 10.1. The number of rotatable bonds is 6. The van der Waals surface area contributed by atoms with Gasteiger partial charge in [0.05, 0.1) is 33.3 Å². The van der Waals surface area contributed by atoms with Gasteiger partial charge in [0, 0.05) is 12.5 Å². The van der Waals surface area contributed by atoms with E-state index in [-0.39, 0.29) is 23.8 Å². The molecule has 0 fully saturated rings. The van der Waals surface area contributed by atoms with Crippen LogP contribution in [0.4, 0.5) is 5.13 Å². The summed E-state index contributed by atoms with van der Waals surface area (Å²) < 4.78 is 24.2. The molecule has 9 heteroatoms. The SMILES string of the molecule is CS(=O)(=O)c1ccc(CC(=O)N(Cc2ccccn2)c2nc3c(Cl)cccc3s2)cc1. The fourth-order valence-electron chi connectivity index (χ4n) is 3.06. The zero-order valence-corrected chi connectivity index (χ0v) is 18.9. The number of anilines is 1. The first-order chi connectivity index (χ1) is 14.8. The summed E-state index contributed by atoms with van der Waals surface area (Å²) in [5.41, 5.74) is 2.09. The average Bonchev–Trinajstić information content (AvgIpc) is 3.18. The molecule has 1 amide bonds. The van der Waals surface area contributed by atoms with Crippen molar-refractivity contribution in [1.82, 2.24) is 9.97 Å². The van der Waals surface area contributed by atoms with Gasteiger partial charge in [-0.25, -0.2) is 13.4 Å². The monoisotopic (exact) mass is 471 g/mol. The summed E-state index contributed by atoms with van der Waals surface area (Å²) in [6, 6.07) is 17.4. The van der Waals surface area contributed by atoms with Crippen LogP contribution in [0.5, 0.6) is 0 Å². The molecule has 0 atom stereocenters. The number of pyridine rings is 1. The third-order valence-electron chi connectivity index (χ3n) is 4.64. The minimum atomic E-state index is -3.29. The van der Waals surface area contributed by atoms with Crippen molar-refractivity contribution in [3.63, 3.8) is 0 Å². The molecule has 0 aliphatic heterocycles. The maximum absolute atomic E-state index is 13.3. The Labute approximate surface area is 189 Å². The highest BCUT2D eigenvalue weighted by Crippen LogP contribution is 2.33. The Morgan fingerprint density at radius 2 is 1.84 bits per heavy atom. The molecule has 0 aliphatic carbocycles. The Kier molecular flexibility index (Phi) is 6.04. The molecule has 0 unspecified atom stereocenters. The summed E-state index contributed by atoms with van der Waals surface area (Å²) in [6.07, 6.45) is 2.93. The molecule has 158 valence electrons. The van der Waals surface area contributed by atoms with E-state index in [9.17, 15) is 13.2 Å². The molecule has 2 aromatic carbocycles. The van der Waals surface area contributed by atoms with Crippen molar-refractivity contribution in [2.24, 2.45) is 0 Å². The van der Waals surface area contributed by atoms with Crippen LogP contribution in [0.3, 0.4) is 0 Å². The number of halogens is 1. The van der Waals surface area contributed by atoms with Gasteiger partial charge in [0.2, 0.25) is 5.91 Å². The molecule has 0 saturated carbocycles. The second-order valence-corrected chi connectivity index (χ2v) is 10.4. The smallest absolute Gasteiger partial charge is 0.233 e. The van der Waals surface area contributed by atoms with E-state index in [1.807, 2.05) is 30.3 Å². The summed E-state index contributed by atoms with van der Waals surface area (Å²) in [4.78, 5) is 24.0. The van der Waals surface area contributed by atoms with E-state index in [1.54, 1.807) is 29.3 Å². The van der Waals surface area contributed by atoms with E-state index < -0.39 is 9.84 Å². The van der Waals surface area contributed by atoms with E-state index in [0.29, 0.717) is 21.2 Å². The normalized spacial score (nSPS) is 11.5. The van der Waals surface area contributed by atoms with E-state index in [2.05, 4.69) is 9.97 Å². The molecule has 0 radical (unpaired) electrons. The van der Waals surface area contributed by atoms with Crippen molar-refractivity contribution in [3.8, 4) is 0 Å². The van der Waals surface area contributed by atoms with Crippen LogP contribution in [-0.2, 0) is 27.6 Å². The molecule has 2 aromatic heterocycles. The maximum atomic E-state index is 13.3. The lowest BCUT2D eigenvalue weighted by molar-refractivity contribution is -0.118. The van der Waals surface area contributed by atoms with Gasteiger partial charge in [0.25, 0.3) is 0 Å². The van der Waals surface area contributed by atoms with E-state index >= 15 is 0 Å². The van der Waals surface area contributed by atoms with Crippen LogP contribution in [-0.4, -0.2) is 30.5 Å². The minimum absolute atomic E-state index is 0.0978. The van der Waals surface area contributed by atoms with Crippen LogP contribution < -0.4 is 4.90 Å². The number of para-hydroxylation sites is 1. The molecule has 0 saturated heterocycles. The van der Waals surface area contributed by atoms with Crippen LogP contribution in [0.1, 0.15) is 11.3 Å². The van der Waals surface area contributed by atoms with Gasteiger partial charge in [-0.1, -0.05) is 47.2 Å². The minimum Gasteiger partial charge on any atom is -0.282 e. The van der Waals surface area contributed by atoms with Crippen molar-refractivity contribution in [1.29, 1.82) is 0 Å². The number of benzene rings is 2. The number of nitrogens with zero attached hydrogens (tertiary/aromatic N) is 3. The first-order valence-corrected chi connectivity index (χ1v) is 12.4. The number of hydrogen-bond acceptors (Lipinski definition) is 6. The van der Waals surface area contributed by atoms with E-state index in [1.165, 1.54) is 23.5 Å². The van der Waals surface area contributed by atoms with Crippen molar-refractivity contribution >= 4 is 54.0 Å². The zero-order valence-electron chi connectivity index (χ0n) is 16.5. The molecule has 31 heavy (non-hydrogen) atoms. The lowest BCUT2D eigenvalue weighted by Crippen LogP contribution is -2.32. The summed E-state index contributed by atoms with van der Waals surface area (Å²) in [5, 5.41) is 1.06. The van der Waals surface area contributed by atoms with Crippen LogP contribution in [0.15, 0.2) is 71.8 Å². The molecule has 0 spiro atoms. The molecule has 0 aliphatic rings. The molecule has 2 heterocycles. The summed E-state index contributed by atoms with van der Waals surface area (Å²) >= 11 is 7.66. The molecule has 0 bridgehead atoms. The molecule has 6 nitrogen and oxygen atoms in total. The Balaban J connectivity index is 1.66. The maximum Gasteiger partial charge on any atom is 0.233 e. The van der Waals surface area contributed by atoms with Crippen LogP contribution in [0.25, 0.3) is 10.2 Å². The van der Waals surface area contributed by atoms with Crippen LogP contribution in [0.2, 0.25) is 5.02 Å². The van der Waals surface area contributed by atoms with Gasteiger partial charge < -0.3 is 0 Å². The second-order valence-electron chi connectivity index (χ2n) is 6.98. The highest BCUT2D eigenvalue weighted by Gasteiger charge is 2.22. The summed E-state index contributed by atoms with van der Waals surface area (Å²) in [7, 11) is -3.29. The largest absolute Gasteiger partial charge is 0.282 e. The molecule has 0 N–H and O–H groups in total. The fraction of sp³-hybridized carbons (Fsp3) is 0.136. The first-order valence-electron chi connectivity index (χ1n) is 9.35. The number of sulfone groups is 1. The number of aromatic nitrogens is 2. The van der Waals surface area contributed by atoms with Crippen molar-refractivity contribution in [3.05, 3.63) is 83.1 Å².